The zero-order valence-corrected chi connectivity index (χ0v) is 14.2. The fourth-order valence-electron chi connectivity index (χ4n) is 2.34. The van der Waals surface area contributed by atoms with E-state index in [1.807, 2.05) is 17.3 Å². The number of benzene rings is 1. The first-order chi connectivity index (χ1) is 11.1. The SMILES string of the molecule is CN(CC(=O)Nc1cc2c(cc1Cl)OCCO2)Cc1ccsc1. The fraction of sp³-hybridized carbons (Fsp3) is 0.312. The van der Waals surface area contributed by atoms with Gasteiger partial charge in [0.1, 0.15) is 13.2 Å². The van der Waals surface area contributed by atoms with E-state index in [4.69, 9.17) is 21.1 Å². The number of anilines is 1. The minimum absolute atomic E-state index is 0.124. The Labute approximate surface area is 143 Å². The third-order valence-electron chi connectivity index (χ3n) is 3.35. The topological polar surface area (TPSA) is 50.8 Å². The number of thiophene rings is 1. The van der Waals surface area contributed by atoms with Crippen LogP contribution in [0.25, 0.3) is 0 Å². The molecule has 1 aliphatic rings. The lowest BCUT2D eigenvalue weighted by atomic mass is 10.2. The Morgan fingerprint density at radius 2 is 2.09 bits per heavy atom. The number of halogens is 1. The Morgan fingerprint density at radius 3 is 2.78 bits per heavy atom. The quantitative estimate of drug-likeness (QED) is 0.897. The third kappa shape index (κ3) is 4.16. The monoisotopic (exact) mass is 352 g/mol. The van der Waals surface area contributed by atoms with E-state index < -0.39 is 0 Å². The maximum absolute atomic E-state index is 12.2. The molecule has 7 heteroatoms. The van der Waals surface area contributed by atoms with Crippen molar-refractivity contribution in [2.75, 3.05) is 32.1 Å². The molecule has 0 saturated carbocycles. The van der Waals surface area contributed by atoms with Crippen LogP contribution in [-0.2, 0) is 11.3 Å². The molecule has 5 nitrogen and oxygen atoms in total. The van der Waals surface area contributed by atoms with Crippen LogP contribution in [0.15, 0.2) is 29.0 Å². The first kappa shape index (κ1) is 16.1. The summed E-state index contributed by atoms with van der Waals surface area (Å²) in [7, 11) is 1.91. The standard InChI is InChI=1S/C16H17ClN2O3S/c1-19(8-11-2-5-23-10-11)9-16(20)18-13-7-15-14(6-12(13)17)21-3-4-22-15/h2,5-7,10H,3-4,8-9H2,1H3,(H,18,20). The average molecular weight is 353 g/mol. The van der Waals surface area contributed by atoms with Gasteiger partial charge < -0.3 is 14.8 Å². The van der Waals surface area contributed by atoms with E-state index in [0.717, 1.165) is 6.54 Å². The van der Waals surface area contributed by atoms with E-state index in [1.165, 1.54) is 5.56 Å². The Morgan fingerprint density at radius 1 is 1.35 bits per heavy atom. The molecule has 1 N–H and O–H groups in total. The van der Waals surface area contributed by atoms with E-state index in [-0.39, 0.29) is 12.5 Å². The Balaban J connectivity index is 1.61. The minimum Gasteiger partial charge on any atom is -0.486 e. The van der Waals surface area contributed by atoms with Crippen LogP contribution in [0.2, 0.25) is 5.02 Å². The van der Waals surface area contributed by atoms with Crippen LogP contribution in [0.3, 0.4) is 0 Å². The summed E-state index contributed by atoms with van der Waals surface area (Å²) >= 11 is 7.84. The van der Waals surface area contributed by atoms with E-state index in [0.29, 0.717) is 35.4 Å². The second kappa shape index (κ2) is 7.21. The molecule has 3 rings (SSSR count). The van der Waals surface area contributed by atoms with Crippen LogP contribution in [-0.4, -0.2) is 37.6 Å². The summed E-state index contributed by atoms with van der Waals surface area (Å²) in [6.45, 7) is 2.00. The second-order valence-electron chi connectivity index (χ2n) is 5.33. The summed E-state index contributed by atoms with van der Waals surface area (Å²) in [5.41, 5.74) is 1.73. The molecule has 0 bridgehead atoms. The molecule has 1 aromatic heterocycles. The lowest BCUT2D eigenvalue weighted by molar-refractivity contribution is -0.117. The summed E-state index contributed by atoms with van der Waals surface area (Å²) in [6, 6.07) is 5.42. The van der Waals surface area contributed by atoms with Gasteiger partial charge in [-0.25, -0.2) is 0 Å². The summed E-state index contributed by atoms with van der Waals surface area (Å²) < 4.78 is 11.0. The fourth-order valence-corrected chi connectivity index (χ4v) is 3.21. The molecule has 2 aromatic rings. The Kier molecular flexibility index (Phi) is 5.05. The molecule has 122 valence electrons. The first-order valence-electron chi connectivity index (χ1n) is 7.20. The van der Waals surface area contributed by atoms with Gasteiger partial charge in [-0.2, -0.15) is 11.3 Å². The molecule has 0 unspecified atom stereocenters. The van der Waals surface area contributed by atoms with Gasteiger partial charge in [0, 0.05) is 18.7 Å². The first-order valence-corrected chi connectivity index (χ1v) is 8.52. The Hall–Kier alpha value is -1.76. The van der Waals surface area contributed by atoms with Gasteiger partial charge in [-0.1, -0.05) is 11.6 Å². The number of rotatable bonds is 5. The van der Waals surface area contributed by atoms with Gasteiger partial charge in [0.2, 0.25) is 5.91 Å². The van der Waals surface area contributed by atoms with Crippen molar-refractivity contribution in [3.63, 3.8) is 0 Å². The van der Waals surface area contributed by atoms with Crippen LogP contribution in [0.5, 0.6) is 11.5 Å². The number of fused-ring (bicyclic) bond motifs is 1. The molecule has 0 radical (unpaired) electrons. The number of nitrogens with one attached hydrogen (secondary N) is 1. The molecule has 2 heterocycles. The van der Waals surface area contributed by atoms with Crippen molar-refractivity contribution >= 4 is 34.5 Å². The lowest BCUT2D eigenvalue weighted by Crippen LogP contribution is -2.29. The third-order valence-corrected chi connectivity index (χ3v) is 4.40. The van der Waals surface area contributed by atoms with Crippen LogP contribution < -0.4 is 14.8 Å². The van der Waals surface area contributed by atoms with E-state index >= 15 is 0 Å². The number of amides is 1. The van der Waals surface area contributed by atoms with Crippen molar-refractivity contribution in [1.29, 1.82) is 0 Å². The number of carbonyl (C=O) groups excluding carboxylic acids is 1. The molecule has 1 amide bonds. The van der Waals surface area contributed by atoms with Gasteiger partial charge in [0.15, 0.2) is 11.5 Å². The van der Waals surface area contributed by atoms with Crippen LogP contribution in [0, 0.1) is 0 Å². The normalized spacial score (nSPS) is 13.2. The highest BCUT2D eigenvalue weighted by molar-refractivity contribution is 7.07. The molecule has 0 aliphatic carbocycles. The summed E-state index contributed by atoms with van der Waals surface area (Å²) in [5, 5.41) is 7.36. The molecule has 23 heavy (non-hydrogen) atoms. The summed E-state index contributed by atoms with van der Waals surface area (Å²) in [4.78, 5) is 14.1. The number of nitrogens with zero attached hydrogens (tertiary/aromatic N) is 1. The van der Waals surface area contributed by atoms with Crippen molar-refractivity contribution in [3.8, 4) is 11.5 Å². The highest BCUT2D eigenvalue weighted by Crippen LogP contribution is 2.37. The average Bonchev–Trinajstić information content (AvgIpc) is 3.00. The van der Waals surface area contributed by atoms with Gasteiger partial charge in [-0.05, 0) is 29.4 Å². The van der Waals surface area contributed by atoms with Gasteiger partial charge in [-0.3, -0.25) is 9.69 Å². The van der Waals surface area contributed by atoms with Crippen LogP contribution in [0.1, 0.15) is 5.56 Å². The molecule has 0 saturated heterocycles. The zero-order chi connectivity index (χ0) is 16.2. The molecule has 1 aromatic carbocycles. The highest BCUT2D eigenvalue weighted by atomic mass is 35.5. The van der Waals surface area contributed by atoms with Crippen molar-refractivity contribution in [2.24, 2.45) is 0 Å². The van der Waals surface area contributed by atoms with Gasteiger partial charge in [0.05, 0.1) is 17.3 Å². The van der Waals surface area contributed by atoms with E-state index in [2.05, 4.69) is 16.8 Å². The smallest absolute Gasteiger partial charge is 0.238 e. The predicted molar refractivity (Wildman–Crippen MR) is 91.7 cm³/mol. The van der Waals surface area contributed by atoms with Crippen molar-refractivity contribution in [2.45, 2.75) is 6.54 Å². The van der Waals surface area contributed by atoms with E-state index in [1.54, 1.807) is 23.5 Å². The van der Waals surface area contributed by atoms with Gasteiger partial charge >= 0.3 is 0 Å². The maximum atomic E-state index is 12.2. The molecular formula is C16H17ClN2O3S. The van der Waals surface area contributed by atoms with Crippen molar-refractivity contribution in [1.82, 2.24) is 4.90 Å². The number of hydrogen-bond acceptors (Lipinski definition) is 5. The van der Waals surface area contributed by atoms with Crippen LogP contribution in [0.4, 0.5) is 5.69 Å². The number of carbonyl (C=O) groups is 1. The molecule has 0 atom stereocenters. The number of likely N-dealkylation sites (N-methyl/N-ethyl adjacent to an activating group) is 1. The molecule has 1 aliphatic heterocycles. The Bertz CT molecular complexity index is 691. The molecular weight excluding hydrogens is 336 g/mol. The lowest BCUT2D eigenvalue weighted by Gasteiger charge is -2.20. The maximum Gasteiger partial charge on any atom is 0.238 e. The van der Waals surface area contributed by atoms with Gasteiger partial charge in [-0.15, -0.1) is 0 Å². The number of hydrogen-bond donors (Lipinski definition) is 1. The second-order valence-corrected chi connectivity index (χ2v) is 6.52. The van der Waals surface area contributed by atoms with Crippen LogP contribution >= 0.6 is 22.9 Å². The van der Waals surface area contributed by atoms with Gasteiger partial charge in [0.25, 0.3) is 0 Å². The molecule has 0 spiro atoms. The van der Waals surface area contributed by atoms with Crippen molar-refractivity contribution in [3.05, 3.63) is 39.5 Å². The summed E-state index contributed by atoms with van der Waals surface area (Å²) in [6.07, 6.45) is 0. The molecule has 0 fully saturated rings. The summed E-state index contributed by atoms with van der Waals surface area (Å²) in [5.74, 6) is 1.08. The minimum atomic E-state index is -0.124. The largest absolute Gasteiger partial charge is 0.486 e. The number of ether oxygens (including phenoxy) is 2. The highest BCUT2D eigenvalue weighted by Gasteiger charge is 2.17. The van der Waals surface area contributed by atoms with Crippen molar-refractivity contribution < 1.29 is 14.3 Å². The zero-order valence-electron chi connectivity index (χ0n) is 12.7. The van der Waals surface area contributed by atoms with E-state index in [9.17, 15) is 4.79 Å². The predicted octanol–water partition coefficient (Wildman–Crippen LogP) is 3.24.